The Balaban J connectivity index is 1.72. The van der Waals surface area contributed by atoms with Gasteiger partial charge in [0.1, 0.15) is 5.82 Å². The van der Waals surface area contributed by atoms with E-state index in [1.54, 1.807) is 18.2 Å². The number of halogens is 1. The van der Waals surface area contributed by atoms with Crippen molar-refractivity contribution in [3.8, 4) is 6.07 Å². The predicted octanol–water partition coefficient (Wildman–Crippen LogP) is 3.37. The minimum atomic E-state index is 0.0828. The molecule has 1 aliphatic heterocycles. The highest BCUT2D eigenvalue weighted by Crippen LogP contribution is 2.24. The Morgan fingerprint density at radius 3 is 3.13 bits per heavy atom. The van der Waals surface area contributed by atoms with Gasteiger partial charge in [0.25, 0.3) is 0 Å². The summed E-state index contributed by atoms with van der Waals surface area (Å²) in [6.07, 6.45) is 1.13. The molecule has 1 N–H and O–H groups in total. The normalized spacial score (nSPS) is 18.7. The first-order valence-electron chi connectivity index (χ1n) is 7.62. The van der Waals surface area contributed by atoms with E-state index in [1.165, 1.54) is 0 Å². The standard InChI is InChI=1S/C17H18ClN3O2/c1-11(9-23-14-4-5-22-10-14)20-17-6-12(8-19)15-7-13(18)2-3-16(15)21-17/h2-3,6-7,11,14H,4-5,9-10H2,1H3,(H,20,21). The molecule has 0 amide bonds. The lowest BCUT2D eigenvalue weighted by atomic mass is 10.1. The SMILES string of the molecule is CC(COC1CCOC1)Nc1cc(C#N)c2cc(Cl)ccc2n1. The van der Waals surface area contributed by atoms with Crippen LogP contribution in [0.5, 0.6) is 0 Å². The molecule has 3 rings (SSSR count). The number of pyridine rings is 1. The van der Waals surface area contributed by atoms with Crippen LogP contribution < -0.4 is 5.32 Å². The predicted molar refractivity (Wildman–Crippen MR) is 89.7 cm³/mol. The van der Waals surface area contributed by atoms with Crippen LogP contribution in [0.15, 0.2) is 24.3 Å². The number of nitriles is 1. The highest BCUT2D eigenvalue weighted by atomic mass is 35.5. The molecule has 6 heteroatoms. The van der Waals surface area contributed by atoms with Crippen molar-refractivity contribution in [3.63, 3.8) is 0 Å². The van der Waals surface area contributed by atoms with E-state index in [1.807, 2.05) is 13.0 Å². The van der Waals surface area contributed by atoms with Gasteiger partial charge in [-0.1, -0.05) is 11.6 Å². The van der Waals surface area contributed by atoms with E-state index in [9.17, 15) is 5.26 Å². The van der Waals surface area contributed by atoms with Crippen LogP contribution in [0, 0.1) is 11.3 Å². The third kappa shape index (κ3) is 3.91. The van der Waals surface area contributed by atoms with Crippen molar-refractivity contribution in [2.45, 2.75) is 25.5 Å². The Bertz CT molecular complexity index is 738. The summed E-state index contributed by atoms with van der Waals surface area (Å²) in [7, 11) is 0. The highest BCUT2D eigenvalue weighted by Gasteiger charge is 2.17. The van der Waals surface area contributed by atoms with E-state index < -0.39 is 0 Å². The Labute approximate surface area is 140 Å². The zero-order chi connectivity index (χ0) is 16.2. The molecule has 2 heterocycles. The lowest BCUT2D eigenvalue weighted by Gasteiger charge is -2.18. The maximum absolute atomic E-state index is 9.34. The van der Waals surface area contributed by atoms with Gasteiger partial charge in [-0.15, -0.1) is 0 Å². The van der Waals surface area contributed by atoms with Crippen LogP contribution in [0.4, 0.5) is 5.82 Å². The van der Waals surface area contributed by atoms with Crippen LogP contribution in [0.2, 0.25) is 5.02 Å². The van der Waals surface area contributed by atoms with Gasteiger partial charge < -0.3 is 14.8 Å². The molecule has 0 spiro atoms. The minimum absolute atomic E-state index is 0.0828. The van der Waals surface area contributed by atoms with Gasteiger partial charge in [-0.2, -0.15) is 5.26 Å². The third-order valence-corrected chi connectivity index (χ3v) is 3.99. The number of rotatable bonds is 5. The van der Waals surface area contributed by atoms with Crippen molar-refractivity contribution in [1.29, 1.82) is 5.26 Å². The van der Waals surface area contributed by atoms with Crippen molar-refractivity contribution in [2.75, 3.05) is 25.1 Å². The summed E-state index contributed by atoms with van der Waals surface area (Å²) in [4.78, 5) is 4.54. The molecule has 0 radical (unpaired) electrons. The van der Waals surface area contributed by atoms with Gasteiger partial charge in [0.15, 0.2) is 0 Å². The van der Waals surface area contributed by atoms with Gasteiger partial charge in [0.2, 0.25) is 0 Å². The molecule has 120 valence electrons. The first kappa shape index (κ1) is 16.0. The zero-order valence-electron chi connectivity index (χ0n) is 12.9. The minimum Gasteiger partial charge on any atom is -0.379 e. The molecule has 0 bridgehead atoms. The van der Waals surface area contributed by atoms with E-state index in [0.717, 1.165) is 23.9 Å². The molecule has 5 nitrogen and oxygen atoms in total. The summed E-state index contributed by atoms with van der Waals surface area (Å²) in [5.74, 6) is 0.662. The van der Waals surface area contributed by atoms with Gasteiger partial charge in [-0.3, -0.25) is 0 Å². The van der Waals surface area contributed by atoms with Crippen LogP contribution in [-0.2, 0) is 9.47 Å². The van der Waals surface area contributed by atoms with Gasteiger partial charge in [0, 0.05) is 23.1 Å². The maximum atomic E-state index is 9.34. The molecule has 1 aromatic carbocycles. The average molecular weight is 332 g/mol. The molecule has 23 heavy (non-hydrogen) atoms. The smallest absolute Gasteiger partial charge is 0.128 e. The number of anilines is 1. The van der Waals surface area contributed by atoms with Crippen molar-refractivity contribution < 1.29 is 9.47 Å². The molecular weight excluding hydrogens is 314 g/mol. The monoisotopic (exact) mass is 331 g/mol. The summed E-state index contributed by atoms with van der Waals surface area (Å²) in [5.41, 5.74) is 1.30. The van der Waals surface area contributed by atoms with Gasteiger partial charge >= 0.3 is 0 Å². The number of hydrogen-bond donors (Lipinski definition) is 1. The van der Waals surface area contributed by atoms with Crippen LogP contribution >= 0.6 is 11.6 Å². The van der Waals surface area contributed by atoms with Crippen LogP contribution in [-0.4, -0.2) is 37.0 Å². The number of ether oxygens (including phenoxy) is 2. The first-order valence-corrected chi connectivity index (χ1v) is 8.00. The maximum Gasteiger partial charge on any atom is 0.128 e. The summed E-state index contributed by atoms with van der Waals surface area (Å²) in [5, 5.41) is 14.0. The molecular formula is C17H18ClN3O2. The van der Waals surface area contributed by atoms with Gasteiger partial charge in [0.05, 0.1) is 36.5 Å². The molecule has 1 aliphatic rings. The Hall–Kier alpha value is -1.87. The van der Waals surface area contributed by atoms with E-state index in [4.69, 9.17) is 21.1 Å². The van der Waals surface area contributed by atoms with Crippen LogP contribution in [0.25, 0.3) is 10.9 Å². The van der Waals surface area contributed by atoms with Gasteiger partial charge in [-0.25, -0.2) is 4.98 Å². The molecule has 2 unspecified atom stereocenters. The van der Waals surface area contributed by atoms with Crippen molar-refractivity contribution in [3.05, 3.63) is 34.9 Å². The fourth-order valence-corrected chi connectivity index (χ4v) is 2.76. The average Bonchev–Trinajstić information content (AvgIpc) is 3.06. The molecule has 1 fully saturated rings. The largest absolute Gasteiger partial charge is 0.379 e. The topological polar surface area (TPSA) is 67.2 Å². The first-order chi connectivity index (χ1) is 11.2. The van der Waals surface area contributed by atoms with Crippen molar-refractivity contribution in [1.82, 2.24) is 4.98 Å². The fraction of sp³-hybridized carbons (Fsp3) is 0.412. The van der Waals surface area contributed by atoms with E-state index in [-0.39, 0.29) is 12.1 Å². The molecule has 0 saturated carbocycles. The molecule has 2 atom stereocenters. The van der Waals surface area contributed by atoms with Crippen LogP contribution in [0.3, 0.4) is 0 Å². The lowest BCUT2D eigenvalue weighted by molar-refractivity contribution is 0.0395. The van der Waals surface area contributed by atoms with Crippen molar-refractivity contribution in [2.24, 2.45) is 0 Å². The summed E-state index contributed by atoms with van der Waals surface area (Å²) in [6.45, 7) is 4.03. The van der Waals surface area contributed by atoms with E-state index in [0.29, 0.717) is 29.6 Å². The lowest BCUT2D eigenvalue weighted by Crippen LogP contribution is -2.26. The summed E-state index contributed by atoms with van der Waals surface area (Å²) >= 11 is 6.00. The highest BCUT2D eigenvalue weighted by molar-refractivity contribution is 6.31. The van der Waals surface area contributed by atoms with Gasteiger partial charge in [-0.05, 0) is 37.6 Å². The number of nitrogens with zero attached hydrogens (tertiary/aromatic N) is 2. The number of aromatic nitrogens is 1. The second-order valence-electron chi connectivity index (χ2n) is 5.69. The number of benzene rings is 1. The quantitative estimate of drug-likeness (QED) is 0.909. The third-order valence-electron chi connectivity index (χ3n) is 3.76. The number of fused-ring (bicyclic) bond motifs is 1. The summed E-state index contributed by atoms with van der Waals surface area (Å²) in [6, 6.07) is 9.38. The summed E-state index contributed by atoms with van der Waals surface area (Å²) < 4.78 is 11.1. The van der Waals surface area contributed by atoms with Crippen molar-refractivity contribution >= 4 is 28.3 Å². The Morgan fingerprint density at radius 2 is 2.39 bits per heavy atom. The Kier molecular flexibility index (Phi) is 4.97. The molecule has 1 saturated heterocycles. The van der Waals surface area contributed by atoms with E-state index in [2.05, 4.69) is 16.4 Å². The molecule has 1 aromatic heterocycles. The fourth-order valence-electron chi connectivity index (χ4n) is 2.58. The second kappa shape index (κ2) is 7.14. The molecule has 0 aliphatic carbocycles. The second-order valence-corrected chi connectivity index (χ2v) is 6.13. The zero-order valence-corrected chi connectivity index (χ0v) is 13.6. The van der Waals surface area contributed by atoms with E-state index >= 15 is 0 Å². The number of hydrogen-bond acceptors (Lipinski definition) is 5. The molecule has 2 aromatic rings. The van der Waals surface area contributed by atoms with Crippen LogP contribution in [0.1, 0.15) is 18.9 Å². The Morgan fingerprint density at radius 1 is 1.52 bits per heavy atom. The number of nitrogens with one attached hydrogen (secondary N) is 1.